The standard InChI is InChI=1S/C24H35N3O5SSi/c1-24(2,3)34(5,6)32-13-11-17(16-9-10-19-20(14-16)31-15-30-19)27-18(8-7-12-25)21(28)26(4)23(33)22(27)29/h9-10,14,17-18,23,33H,7-8,11,13,15H2,1-6H3/t17?,18-,23+/m0/s1. The van der Waals surface area contributed by atoms with Gasteiger partial charge in [0.05, 0.1) is 12.1 Å². The maximum atomic E-state index is 13.5. The Morgan fingerprint density at radius 2 is 1.91 bits per heavy atom. The number of hydrogen-bond acceptors (Lipinski definition) is 7. The van der Waals surface area contributed by atoms with Crippen molar-refractivity contribution in [2.24, 2.45) is 0 Å². The topological polar surface area (TPSA) is 92.1 Å². The van der Waals surface area contributed by atoms with Crippen LogP contribution in [0.3, 0.4) is 0 Å². The third-order valence-corrected chi connectivity index (χ3v) is 12.2. The second-order valence-electron chi connectivity index (χ2n) is 10.3. The van der Waals surface area contributed by atoms with E-state index in [1.807, 2.05) is 18.2 Å². The quantitative estimate of drug-likeness (QED) is 0.423. The molecule has 3 rings (SSSR count). The van der Waals surface area contributed by atoms with Gasteiger partial charge in [-0.15, -0.1) is 12.6 Å². The summed E-state index contributed by atoms with van der Waals surface area (Å²) in [7, 11) is -0.439. The minimum Gasteiger partial charge on any atom is -0.454 e. The molecule has 10 heteroatoms. The van der Waals surface area contributed by atoms with Gasteiger partial charge in [-0.2, -0.15) is 5.26 Å². The van der Waals surface area contributed by atoms with E-state index in [-0.39, 0.29) is 36.5 Å². The predicted molar refractivity (Wildman–Crippen MR) is 134 cm³/mol. The van der Waals surface area contributed by atoms with Crippen LogP contribution in [-0.2, 0) is 14.0 Å². The Morgan fingerprint density at radius 1 is 1.24 bits per heavy atom. The van der Waals surface area contributed by atoms with Crippen molar-refractivity contribution in [2.75, 3.05) is 20.4 Å². The molecule has 186 valence electrons. The molecule has 1 aromatic rings. The zero-order valence-corrected chi connectivity index (χ0v) is 22.7. The lowest BCUT2D eigenvalue weighted by Gasteiger charge is -2.46. The predicted octanol–water partition coefficient (Wildman–Crippen LogP) is 4.10. The SMILES string of the molecule is CN1C(=O)[C@H](CCC#N)N(C(CCO[Si](C)(C)C(C)(C)C)c2ccc3c(c2)OCO3)C(=O)[C@H]1S. The molecule has 0 radical (unpaired) electrons. The smallest absolute Gasteiger partial charge is 0.256 e. The van der Waals surface area contributed by atoms with Crippen molar-refractivity contribution in [2.45, 2.75) is 75.6 Å². The molecule has 1 unspecified atom stereocenters. The van der Waals surface area contributed by atoms with Gasteiger partial charge in [-0.3, -0.25) is 9.59 Å². The molecule has 0 aliphatic carbocycles. The van der Waals surface area contributed by atoms with E-state index in [1.54, 1.807) is 11.9 Å². The van der Waals surface area contributed by atoms with Gasteiger partial charge in [0, 0.05) is 20.1 Å². The molecular weight excluding hydrogens is 470 g/mol. The molecule has 8 nitrogen and oxygen atoms in total. The Bertz CT molecular complexity index is 974. The number of benzene rings is 1. The van der Waals surface area contributed by atoms with Crippen LogP contribution in [0.5, 0.6) is 11.5 Å². The highest BCUT2D eigenvalue weighted by Crippen LogP contribution is 2.40. The molecule has 0 bridgehead atoms. The highest BCUT2D eigenvalue weighted by atomic mass is 32.1. The lowest BCUT2D eigenvalue weighted by Crippen LogP contribution is -2.62. The number of hydrogen-bond donors (Lipinski definition) is 1. The van der Waals surface area contributed by atoms with Gasteiger partial charge in [-0.05, 0) is 48.7 Å². The van der Waals surface area contributed by atoms with Gasteiger partial charge in [0.1, 0.15) is 6.04 Å². The molecule has 3 atom stereocenters. The van der Waals surface area contributed by atoms with E-state index in [2.05, 4.69) is 52.6 Å². The molecule has 2 amide bonds. The Morgan fingerprint density at radius 3 is 2.56 bits per heavy atom. The molecule has 2 aliphatic rings. The second kappa shape index (κ2) is 10.2. The van der Waals surface area contributed by atoms with Crippen molar-refractivity contribution in [1.29, 1.82) is 5.26 Å². The largest absolute Gasteiger partial charge is 0.454 e. The molecule has 2 heterocycles. The number of amides is 2. The zero-order chi connectivity index (χ0) is 25.3. The second-order valence-corrected chi connectivity index (χ2v) is 15.6. The third kappa shape index (κ3) is 5.21. The number of rotatable bonds is 8. The summed E-state index contributed by atoms with van der Waals surface area (Å²) in [5.41, 5.74) is 0.830. The molecule has 0 N–H and O–H groups in total. The van der Waals surface area contributed by atoms with Crippen LogP contribution in [0, 0.1) is 11.3 Å². The number of ether oxygens (including phenoxy) is 2. The number of nitriles is 1. The first kappa shape index (κ1) is 26.4. The summed E-state index contributed by atoms with van der Waals surface area (Å²) in [4.78, 5) is 29.7. The van der Waals surface area contributed by atoms with E-state index in [0.29, 0.717) is 24.5 Å². The van der Waals surface area contributed by atoms with Gasteiger partial charge in [-0.25, -0.2) is 0 Å². The van der Waals surface area contributed by atoms with Crippen molar-refractivity contribution in [3.8, 4) is 17.6 Å². The van der Waals surface area contributed by atoms with Crippen molar-refractivity contribution in [3.63, 3.8) is 0 Å². The summed E-state index contributed by atoms with van der Waals surface area (Å²) in [6, 6.07) is 6.50. The summed E-state index contributed by atoms with van der Waals surface area (Å²) < 4.78 is 17.5. The lowest BCUT2D eigenvalue weighted by atomic mass is 9.95. The number of fused-ring (bicyclic) bond motifs is 1. The summed E-state index contributed by atoms with van der Waals surface area (Å²) in [5.74, 6) is 0.778. The number of carbonyl (C=O) groups excluding carboxylic acids is 2. The zero-order valence-electron chi connectivity index (χ0n) is 20.8. The monoisotopic (exact) mass is 505 g/mol. The summed E-state index contributed by atoms with van der Waals surface area (Å²) in [6.07, 6.45) is 0.925. The Kier molecular flexibility index (Phi) is 7.90. The molecular formula is C24H35N3O5SSi. The first-order valence-electron chi connectivity index (χ1n) is 11.6. The fourth-order valence-electron chi connectivity index (χ4n) is 3.99. The van der Waals surface area contributed by atoms with Crippen molar-refractivity contribution >= 4 is 32.8 Å². The molecule has 1 fully saturated rings. The van der Waals surface area contributed by atoms with Gasteiger partial charge in [0.15, 0.2) is 25.2 Å². The third-order valence-electron chi connectivity index (χ3n) is 7.12. The van der Waals surface area contributed by atoms with Gasteiger partial charge in [0.25, 0.3) is 5.91 Å². The Balaban J connectivity index is 1.98. The molecule has 1 aromatic carbocycles. The molecule has 0 aromatic heterocycles. The minimum absolute atomic E-state index is 0.0480. The lowest BCUT2D eigenvalue weighted by molar-refractivity contribution is -0.159. The number of likely N-dealkylation sites (N-methyl/N-ethyl adjacent to an activating group) is 1. The number of piperazine rings is 1. The normalized spacial score (nSPS) is 21.6. The Hall–Kier alpha value is -2.22. The van der Waals surface area contributed by atoms with Crippen molar-refractivity contribution in [3.05, 3.63) is 23.8 Å². The van der Waals surface area contributed by atoms with Crippen LogP contribution in [0.4, 0.5) is 0 Å². The van der Waals surface area contributed by atoms with Crippen LogP contribution in [-0.4, -0.2) is 61.8 Å². The number of thiol groups is 1. The fraction of sp³-hybridized carbons (Fsp3) is 0.625. The summed E-state index contributed by atoms with van der Waals surface area (Å²) in [5, 5.41) is 8.35. The molecule has 2 aliphatic heterocycles. The van der Waals surface area contributed by atoms with Gasteiger partial charge in [0.2, 0.25) is 12.7 Å². The molecule has 0 spiro atoms. The molecule has 1 saturated heterocycles. The highest BCUT2D eigenvalue weighted by Gasteiger charge is 2.46. The van der Waals surface area contributed by atoms with Gasteiger partial charge in [-0.1, -0.05) is 26.8 Å². The van der Waals surface area contributed by atoms with Gasteiger partial charge < -0.3 is 23.7 Å². The van der Waals surface area contributed by atoms with Crippen LogP contribution in [0.15, 0.2) is 18.2 Å². The van der Waals surface area contributed by atoms with Crippen LogP contribution >= 0.6 is 12.6 Å². The van der Waals surface area contributed by atoms with Crippen molar-refractivity contribution in [1.82, 2.24) is 9.80 Å². The van der Waals surface area contributed by atoms with Crippen LogP contribution in [0.25, 0.3) is 0 Å². The molecule has 0 saturated carbocycles. The van der Waals surface area contributed by atoms with Crippen LogP contribution in [0.2, 0.25) is 18.1 Å². The maximum absolute atomic E-state index is 13.5. The van der Waals surface area contributed by atoms with Gasteiger partial charge >= 0.3 is 0 Å². The van der Waals surface area contributed by atoms with E-state index >= 15 is 0 Å². The first-order valence-corrected chi connectivity index (χ1v) is 15.0. The fourth-order valence-corrected chi connectivity index (χ4v) is 5.30. The van der Waals surface area contributed by atoms with Crippen LogP contribution < -0.4 is 9.47 Å². The average Bonchev–Trinajstić information content (AvgIpc) is 3.24. The first-order chi connectivity index (χ1) is 15.9. The number of nitrogens with zero attached hydrogens (tertiary/aromatic N) is 3. The van der Waals surface area contributed by atoms with Crippen molar-refractivity contribution < 1.29 is 23.5 Å². The average molecular weight is 506 g/mol. The van der Waals surface area contributed by atoms with E-state index < -0.39 is 25.8 Å². The summed E-state index contributed by atoms with van der Waals surface area (Å²) >= 11 is 4.43. The highest BCUT2D eigenvalue weighted by molar-refractivity contribution is 7.81. The minimum atomic E-state index is -2.01. The van der Waals surface area contributed by atoms with E-state index in [0.717, 1.165) is 5.56 Å². The maximum Gasteiger partial charge on any atom is 0.256 e. The summed E-state index contributed by atoms with van der Waals surface area (Å²) in [6.45, 7) is 11.5. The van der Waals surface area contributed by atoms with E-state index in [1.165, 1.54) is 4.90 Å². The molecule has 34 heavy (non-hydrogen) atoms. The Labute approximate surface area is 208 Å². The van der Waals surface area contributed by atoms with Crippen LogP contribution in [0.1, 0.15) is 51.6 Å². The number of carbonyl (C=O) groups is 2. The van der Waals surface area contributed by atoms with E-state index in [4.69, 9.17) is 13.9 Å². The van der Waals surface area contributed by atoms with E-state index in [9.17, 15) is 14.9 Å².